The molecule has 19 heavy (non-hydrogen) atoms. The summed E-state index contributed by atoms with van der Waals surface area (Å²) in [5.74, 6) is 0.711. The van der Waals surface area contributed by atoms with Gasteiger partial charge in [0.05, 0.1) is 24.6 Å². The first-order chi connectivity index (χ1) is 9.26. The average Bonchev–Trinajstić information content (AvgIpc) is 2.46. The summed E-state index contributed by atoms with van der Waals surface area (Å²) in [4.78, 5) is 3.99. The van der Waals surface area contributed by atoms with Crippen molar-refractivity contribution in [3.05, 3.63) is 52.8 Å². The topological polar surface area (TPSA) is 57.9 Å². The Morgan fingerprint density at radius 1 is 1.42 bits per heavy atom. The van der Waals surface area contributed by atoms with Gasteiger partial charge in [0.1, 0.15) is 11.8 Å². The second-order valence-corrected chi connectivity index (χ2v) is 4.21. The Balaban J connectivity index is 2.22. The van der Waals surface area contributed by atoms with E-state index in [1.807, 2.05) is 12.1 Å². The minimum atomic E-state index is 0.462. The van der Waals surface area contributed by atoms with Crippen molar-refractivity contribution >= 4 is 17.3 Å². The number of aromatic nitrogens is 1. The zero-order valence-corrected chi connectivity index (χ0v) is 11.1. The molecule has 0 unspecified atom stereocenters. The molecule has 0 saturated carbocycles. The number of hydrogen-bond acceptors (Lipinski definition) is 4. The van der Waals surface area contributed by atoms with E-state index < -0.39 is 0 Å². The first kappa shape index (κ1) is 13.2. The first-order valence-electron chi connectivity index (χ1n) is 5.65. The van der Waals surface area contributed by atoms with Crippen LogP contribution in [0.25, 0.3) is 0 Å². The number of anilines is 1. The minimum Gasteiger partial charge on any atom is -0.496 e. The summed E-state index contributed by atoms with van der Waals surface area (Å²) < 4.78 is 5.27. The highest BCUT2D eigenvalue weighted by molar-refractivity contribution is 6.31. The maximum atomic E-state index is 9.00. The summed E-state index contributed by atoms with van der Waals surface area (Å²) in [6.07, 6.45) is 3.20. The normalized spacial score (nSPS) is 9.74. The molecule has 0 spiro atoms. The summed E-state index contributed by atoms with van der Waals surface area (Å²) in [6, 6.07) is 9.24. The Hall–Kier alpha value is -2.25. The number of nitrogens with one attached hydrogen (secondary N) is 1. The van der Waals surface area contributed by atoms with Crippen molar-refractivity contribution in [2.24, 2.45) is 0 Å². The summed E-state index contributed by atoms with van der Waals surface area (Å²) in [5.41, 5.74) is 2.06. The fourth-order valence-corrected chi connectivity index (χ4v) is 1.95. The maximum absolute atomic E-state index is 9.00. The molecule has 0 aliphatic rings. The van der Waals surface area contributed by atoms with Gasteiger partial charge in [-0.2, -0.15) is 5.26 Å². The van der Waals surface area contributed by atoms with Crippen LogP contribution in [0.4, 0.5) is 5.69 Å². The van der Waals surface area contributed by atoms with E-state index in [0.29, 0.717) is 28.6 Å². The number of pyridine rings is 1. The molecule has 1 aromatic carbocycles. The van der Waals surface area contributed by atoms with Gasteiger partial charge in [0.2, 0.25) is 0 Å². The molecule has 2 aromatic rings. The SMILES string of the molecule is COc1cccc(Cl)c1CNc1cnccc1C#N. The van der Waals surface area contributed by atoms with Crippen molar-refractivity contribution in [2.45, 2.75) is 6.54 Å². The molecule has 4 nitrogen and oxygen atoms in total. The molecular formula is C14H12ClN3O. The van der Waals surface area contributed by atoms with Crippen LogP contribution in [0.15, 0.2) is 36.7 Å². The Morgan fingerprint density at radius 2 is 2.26 bits per heavy atom. The number of methoxy groups -OCH3 is 1. The highest BCUT2D eigenvalue weighted by atomic mass is 35.5. The van der Waals surface area contributed by atoms with E-state index in [0.717, 1.165) is 5.56 Å². The number of nitriles is 1. The van der Waals surface area contributed by atoms with Crippen LogP contribution in [0.2, 0.25) is 5.02 Å². The predicted octanol–water partition coefficient (Wildman–Crippen LogP) is 3.23. The monoisotopic (exact) mass is 273 g/mol. The Labute approximate surface area is 116 Å². The third-order valence-electron chi connectivity index (χ3n) is 2.69. The molecule has 0 atom stereocenters. The summed E-state index contributed by atoms with van der Waals surface area (Å²) in [7, 11) is 1.60. The minimum absolute atomic E-state index is 0.462. The van der Waals surface area contributed by atoms with Gasteiger partial charge in [-0.25, -0.2) is 0 Å². The van der Waals surface area contributed by atoms with E-state index in [-0.39, 0.29) is 0 Å². The lowest BCUT2D eigenvalue weighted by Crippen LogP contribution is -2.04. The van der Waals surface area contributed by atoms with E-state index in [1.165, 1.54) is 0 Å². The van der Waals surface area contributed by atoms with Gasteiger partial charge in [-0.15, -0.1) is 0 Å². The molecule has 0 fully saturated rings. The molecule has 5 heteroatoms. The van der Waals surface area contributed by atoms with Crippen LogP contribution in [0.3, 0.4) is 0 Å². The molecule has 1 aromatic heterocycles. The van der Waals surface area contributed by atoms with Crippen LogP contribution in [-0.4, -0.2) is 12.1 Å². The second-order valence-electron chi connectivity index (χ2n) is 3.81. The van der Waals surface area contributed by atoms with Gasteiger partial charge in [-0.3, -0.25) is 4.98 Å². The molecule has 0 aliphatic carbocycles. The lowest BCUT2D eigenvalue weighted by molar-refractivity contribution is 0.410. The average molecular weight is 274 g/mol. The van der Waals surface area contributed by atoms with Crippen LogP contribution < -0.4 is 10.1 Å². The van der Waals surface area contributed by atoms with Gasteiger partial charge in [-0.05, 0) is 18.2 Å². The third kappa shape index (κ3) is 2.95. The number of hydrogen-bond donors (Lipinski definition) is 1. The fraction of sp³-hybridized carbons (Fsp3) is 0.143. The highest BCUT2D eigenvalue weighted by Gasteiger charge is 2.08. The Morgan fingerprint density at radius 3 is 3.00 bits per heavy atom. The number of halogens is 1. The van der Waals surface area contributed by atoms with Crippen molar-refractivity contribution < 1.29 is 4.74 Å². The van der Waals surface area contributed by atoms with Gasteiger partial charge in [0.15, 0.2) is 0 Å². The standard InChI is InChI=1S/C14H12ClN3O/c1-19-14-4-2-3-12(15)11(14)8-18-13-9-17-6-5-10(13)7-16/h2-6,9,18H,8H2,1H3. The van der Waals surface area contributed by atoms with E-state index in [9.17, 15) is 0 Å². The maximum Gasteiger partial charge on any atom is 0.125 e. The highest BCUT2D eigenvalue weighted by Crippen LogP contribution is 2.27. The number of nitrogens with zero attached hydrogens (tertiary/aromatic N) is 2. The van der Waals surface area contributed by atoms with Crippen LogP contribution in [0.5, 0.6) is 5.75 Å². The quantitative estimate of drug-likeness (QED) is 0.929. The van der Waals surface area contributed by atoms with Crippen LogP contribution in [0.1, 0.15) is 11.1 Å². The predicted molar refractivity (Wildman–Crippen MR) is 74.3 cm³/mol. The second kappa shape index (κ2) is 6.07. The van der Waals surface area contributed by atoms with E-state index >= 15 is 0 Å². The van der Waals surface area contributed by atoms with E-state index in [1.54, 1.807) is 31.6 Å². The molecule has 0 saturated heterocycles. The third-order valence-corrected chi connectivity index (χ3v) is 3.05. The lowest BCUT2D eigenvalue weighted by Gasteiger charge is -2.12. The lowest BCUT2D eigenvalue weighted by atomic mass is 10.2. The van der Waals surface area contributed by atoms with Gasteiger partial charge in [0, 0.05) is 23.3 Å². The molecule has 2 rings (SSSR count). The van der Waals surface area contributed by atoms with Crippen molar-refractivity contribution in [3.8, 4) is 11.8 Å². The van der Waals surface area contributed by atoms with Crippen LogP contribution in [0, 0.1) is 11.3 Å². The smallest absolute Gasteiger partial charge is 0.125 e. The number of rotatable bonds is 4. The largest absolute Gasteiger partial charge is 0.496 e. The summed E-state index contributed by atoms with van der Waals surface area (Å²) in [5, 5.41) is 12.8. The van der Waals surface area contributed by atoms with Gasteiger partial charge >= 0.3 is 0 Å². The molecule has 0 bridgehead atoms. The molecule has 0 amide bonds. The van der Waals surface area contributed by atoms with Crippen molar-refractivity contribution in [1.82, 2.24) is 4.98 Å². The van der Waals surface area contributed by atoms with Gasteiger partial charge < -0.3 is 10.1 Å². The molecule has 1 N–H and O–H groups in total. The first-order valence-corrected chi connectivity index (χ1v) is 6.03. The van der Waals surface area contributed by atoms with Crippen molar-refractivity contribution in [3.63, 3.8) is 0 Å². The van der Waals surface area contributed by atoms with Crippen molar-refractivity contribution in [1.29, 1.82) is 5.26 Å². The zero-order chi connectivity index (χ0) is 13.7. The molecule has 1 heterocycles. The van der Waals surface area contributed by atoms with E-state index in [2.05, 4.69) is 16.4 Å². The van der Waals surface area contributed by atoms with Crippen molar-refractivity contribution in [2.75, 3.05) is 12.4 Å². The summed E-state index contributed by atoms with van der Waals surface area (Å²) in [6.45, 7) is 0.462. The number of ether oxygens (including phenoxy) is 1. The molecular weight excluding hydrogens is 262 g/mol. The number of benzene rings is 1. The van der Waals surface area contributed by atoms with Crippen LogP contribution >= 0.6 is 11.6 Å². The van der Waals surface area contributed by atoms with Gasteiger partial charge in [-0.1, -0.05) is 17.7 Å². The van der Waals surface area contributed by atoms with Gasteiger partial charge in [0.25, 0.3) is 0 Å². The molecule has 0 radical (unpaired) electrons. The van der Waals surface area contributed by atoms with E-state index in [4.69, 9.17) is 21.6 Å². The Bertz CT molecular complexity index is 622. The fourth-order valence-electron chi connectivity index (χ4n) is 1.72. The Kier molecular flexibility index (Phi) is 4.22. The molecule has 0 aliphatic heterocycles. The summed E-state index contributed by atoms with van der Waals surface area (Å²) >= 11 is 6.15. The molecule has 96 valence electrons. The van der Waals surface area contributed by atoms with Crippen LogP contribution in [-0.2, 0) is 6.54 Å². The zero-order valence-electron chi connectivity index (χ0n) is 10.4.